The van der Waals surface area contributed by atoms with Gasteiger partial charge in [0.05, 0.1) is 16.1 Å². The number of carbonyl (C=O) groups is 1. The van der Waals surface area contributed by atoms with E-state index in [1.54, 1.807) is 24.3 Å². The van der Waals surface area contributed by atoms with Crippen LogP contribution in [0, 0.1) is 0 Å². The van der Waals surface area contributed by atoms with Gasteiger partial charge >= 0.3 is 11.6 Å². The maximum atomic E-state index is 13.2. The first-order chi connectivity index (χ1) is 17.7. The Kier molecular flexibility index (Phi) is 6.45. The number of carbonyl (C=O) groups excluding carboxylic acids is 1. The molecule has 0 atom stereocenters. The zero-order valence-corrected chi connectivity index (χ0v) is 21.1. The lowest BCUT2D eigenvalue weighted by molar-refractivity contribution is 0.0473. The minimum absolute atomic E-state index is 0.0534. The van der Waals surface area contributed by atoms with Crippen molar-refractivity contribution >= 4 is 55.0 Å². The number of esters is 1. The third-order valence-corrected chi connectivity index (χ3v) is 7.99. The lowest BCUT2D eigenvalue weighted by Crippen LogP contribution is -2.26. The predicted molar refractivity (Wildman–Crippen MR) is 143 cm³/mol. The fourth-order valence-corrected chi connectivity index (χ4v) is 5.53. The van der Waals surface area contributed by atoms with Crippen LogP contribution in [0.3, 0.4) is 0 Å². The van der Waals surface area contributed by atoms with Crippen LogP contribution >= 0.6 is 11.6 Å². The van der Waals surface area contributed by atoms with Gasteiger partial charge in [0.15, 0.2) is 0 Å². The number of fused-ring (bicyclic) bond motifs is 3. The molecule has 1 aromatic heterocycles. The molecule has 4 aromatic carbocycles. The van der Waals surface area contributed by atoms with E-state index in [2.05, 4.69) is 0 Å². The van der Waals surface area contributed by atoms with E-state index in [0.29, 0.717) is 27.2 Å². The third kappa shape index (κ3) is 4.81. The van der Waals surface area contributed by atoms with Gasteiger partial charge in [0, 0.05) is 29.1 Å². The first kappa shape index (κ1) is 24.5. The van der Waals surface area contributed by atoms with Crippen LogP contribution in [0.4, 0.5) is 5.69 Å². The summed E-state index contributed by atoms with van der Waals surface area (Å²) in [5, 5.41) is 2.86. The van der Waals surface area contributed by atoms with Crippen LogP contribution in [0.25, 0.3) is 21.7 Å². The molecule has 37 heavy (non-hydrogen) atoms. The minimum Gasteiger partial charge on any atom is -0.457 e. The smallest absolute Gasteiger partial charge is 0.338 e. The van der Waals surface area contributed by atoms with Crippen molar-refractivity contribution < 1.29 is 22.4 Å². The number of anilines is 1. The number of halogens is 1. The van der Waals surface area contributed by atoms with E-state index in [9.17, 15) is 18.0 Å². The van der Waals surface area contributed by atoms with E-state index in [0.717, 1.165) is 15.1 Å². The van der Waals surface area contributed by atoms with Gasteiger partial charge in [-0.15, -0.1) is 0 Å². The van der Waals surface area contributed by atoms with E-state index in [4.69, 9.17) is 20.8 Å². The first-order valence-electron chi connectivity index (χ1n) is 11.2. The molecule has 0 radical (unpaired) electrons. The summed E-state index contributed by atoms with van der Waals surface area (Å²) in [6, 6.07) is 24.5. The molecule has 0 unspecified atom stereocenters. The van der Waals surface area contributed by atoms with Crippen molar-refractivity contribution in [3.63, 3.8) is 0 Å². The lowest BCUT2D eigenvalue weighted by atomic mass is 10.0. The molecule has 5 aromatic rings. The van der Waals surface area contributed by atoms with Crippen molar-refractivity contribution in [2.75, 3.05) is 11.4 Å². The van der Waals surface area contributed by atoms with Gasteiger partial charge in [-0.1, -0.05) is 54.1 Å². The maximum absolute atomic E-state index is 13.2. The molecule has 0 aliphatic carbocycles. The highest BCUT2D eigenvalue weighted by Crippen LogP contribution is 2.28. The highest BCUT2D eigenvalue weighted by Gasteiger charge is 2.23. The summed E-state index contributed by atoms with van der Waals surface area (Å²) in [6.07, 6.45) is 0. The quantitative estimate of drug-likeness (QED) is 0.156. The molecule has 186 valence electrons. The molecule has 0 bridgehead atoms. The molecule has 0 saturated carbocycles. The Morgan fingerprint density at radius 1 is 0.946 bits per heavy atom. The fourth-order valence-electron chi connectivity index (χ4n) is 4.11. The van der Waals surface area contributed by atoms with Crippen LogP contribution in [-0.4, -0.2) is 21.4 Å². The van der Waals surface area contributed by atoms with Gasteiger partial charge in [0.1, 0.15) is 12.2 Å². The Morgan fingerprint density at radius 3 is 2.54 bits per heavy atom. The highest BCUT2D eigenvalue weighted by atomic mass is 35.5. The molecule has 0 N–H and O–H groups in total. The fraction of sp³-hybridized carbons (Fsp3) is 0.0714. The second-order valence-electron chi connectivity index (χ2n) is 8.31. The molecule has 0 aliphatic rings. The molecule has 5 rings (SSSR count). The van der Waals surface area contributed by atoms with Gasteiger partial charge in [0.25, 0.3) is 10.0 Å². The average Bonchev–Trinajstić information content (AvgIpc) is 2.90. The van der Waals surface area contributed by atoms with Gasteiger partial charge in [-0.25, -0.2) is 18.0 Å². The summed E-state index contributed by atoms with van der Waals surface area (Å²) < 4.78 is 38.3. The number of nitrogens with zero attached hydrogens (tertiary/aromatic N) is 1. The number of hydrogen-bond acceptors (Lipinski definition) is 6. The summed E-state index contributed by atoms with van der Waals surface area (Å²) in [7, 11) is -2.57. The largest absolute Gasteiger partial charge is 0.457 e. The highest BCUT2D eigenvalue weighted by molar-refractivity contribution is 7.92. The molecular formula is C28H20ClNO6S. The molecule has 1 heterocycles. The molecule has 0 fully saturated rings. The Morgan fingerprint density at radius 2 is 1.73 bits per heavy atom. The number of benzene rings is 4. The Hall–Kier alpha value is -4.14. The van der Waals surface area contributed by atoms with Gasteiger partial charge in [-0.05, 0) is 53.2 Å². The molecule has 0 amide bonds. The lowest BCUT2D eigenvalue weighted by Gasteiger charge is -2.20. The van der Waals surface area contributed by atoms with Crippen LogP contribution in [0.2, 0.25) is 5.02 Å². The van der Waals surface area contributed by atoms with Crippen molar-refractivity contribution in [1.82, 2.24) is 0 Å². The van der Waals surface area contributed by atoms with Crippen LogP contribution in [0.5, 0.6) is 0 Å². The van der Waals surface area contributed by atoms with Gasteiger partial charge in [-0.2, -0.15) is 0 Å². The van der Waals surface area contributed by atoms with E-state index in [1.165, 1.54) is 43.4 Å². The van der Waals surface area contributed by atoms with E-state index in [1.807, 2.05) is 30.3 Å². The monoisotopic (exact) mass is 533 g/mol. The number of rotatable bonds is 6. The number of sulfonamides is 1. The van der Waals surface area contributed by atoms with Crippen LogP contribution in [0.15, 0.2) is 105 Å². The van der Waals surface area contributed by atoms with Crippen LogP contribution < -0.4 is 9.93 Å². The van der Waals surface area contributed by atoms with Gasteiger partial charge < -0.3 is 9.15 Å². The second kappa shape index (κ2) is 9.72. The van der Waals surface area contributed by atoms with E-state index >= 15 is 0 Å². The maximum Gasteiger partial charge on any atom is 0.338 e. The Balaban J connectivity index is 1.43. The molecule has 0 saturated heterocycles. The van der Waals surface area contributed by atoms with Crippen LogP contribution in [0.1, 0.15) is 15.9 Å². The number of ether oxygens (including phenoxy) is 1. The van der Waals surface area contributed by atoms with Crippen molar-refractivity contribution in [1.29, 1.82) is 0 Å². The first-order valence-corrected chi connectivity index (χ1v) is 13.0. The predicted octanol–water partition coefficient (Wildman–Crippen LogP) is 5.78. The summed E-state index contributed by atoms with van der Waals surface area (Å²) in [6.45, 7) is -0.200. The average molecular weight is 534 g/mol. The van der Waals surface area contributed by atoms with Crippen molar-refractivity contribution in [3.05, 3.63) is 118 Å². The van der Waals surface area contributed by atoms with Gasteiger partial charge in [0.2, 0.25) is 0 Å². The standard InChI is InChI=1S/C28H20ClNO6S/c1-30(22-9-5-8-21(29)16-22)37(33,34)23-10-4-7-19(14-23)28(32)35-17-20-15-26(31)36-25-13-12-18-6-2-3-11-24(18)27(20)25/h2-16H,17H2,1H3. The SMILES string of the molecule is CN(c1cccc(Cl)c1)S(=O)(=O)c1cccc(C(=O)OCc2cc(=O)oc3ccc4ccccc4c23)c1. The Bertz CT molecular complexity index is 1830. The van der Waals surface area contributed by atoms with E-state index < -0.39 is 21.6 Å². The molecular weight excluding hydrogens is 514 g/mol. The zero-order chi connectivity index (χ0) is 26.2. The molecule has 9 heteroatoms. The zero-order valence-electron chi connectivity index (χ0n) is 19.6. The Labute approximate surface area is 217 Å². The van der Waals surface area contributed by atoms with Crippen molar-refractivity contribution in [2.45, 2.75) is 11.5 Å². The van der Waals surface area contributed by atoms with Crippen molar-refractivity contribution in [2.24, 2.45) is 0 Å². The second-order valence-corrected chi connectivity index (χ2v) is 10.7. The topological polar surface area (TPSA) is 93.9 Å². The minimum atomic E-state index is -3.98. The third-order valence-electron chi connectivity index (χ3n) is 5.97. The summed E-state index contributed by atoms with van der Waals surface area (Å²) in [5.74, 6) is -0.732. The number of hydrogen-bond donors (Lipinski definition) is 0. The summed E-state index contributed by atoms with van der Waals surface area (Å²) >= 11 is 6.01. The summed E-state index contributed by atoms with van der Waals surface area (Å²) in [4.78, 5) is 25.0. The summed E-state index contributed by atoms with van der Waals surface area (Å²) in [5.41, 5.74) is 0.737. The van der Waals surface area contributed by atoms with Crippen molar-refractivity contribution in [3.8, 4) is 0 Å². The van der Waals surface area contributed by atoms with E-state index in [-0.39, 0.29) is 17.1 Å². The molecule has 0 spiro atoms. The van der Waals surface area contributed by atoms with Gasteiger partial charge in [-0.3, -0.25) is 4.31 Å². The van der Waals surface area contributed by atoms with Crippen LogP contribution in [-0.2, 0) is 21.4 Å². The molecule has 0 aliphatic heterocycles. The molecule has 7 nitrogen and oxygen atoms in total. The normalized spacial score (nSPS) is 11.5.